The molecule has 7 nitrogen and oxygen atoms in total. The van der Waals surface area contributed by atoms with Crippen molar-refractivity contribution in [3.63, 3.8) is 0 Å². The van der Waals surface area contributed by atoms with Crippen molar-refractivity contribution in [2.75, 3.05) is 32.0 Å². The summed E-state index contributed by atoms with van der Waals surface area (Å²) >= 11 is 0. The van der Waals surface area contributed by atoms with Gasteiger partial charge in [-0.1, -0.05) is 0 Å². The molecule has 0 radical (unpaired) electrons. The van der Waals surface area contributed by atoms with Crippen molar-refractivity contribution in [1.29, 1.82) is 0 Å². The third kappa shape index (κ3) is 4.75. The fraction of sp³-hybridized carbons (Fsp3) is 0.833. The summed E-state index contributed by atoms with van der Waals surface area (Å²) in [7, 11) is -3.18. The minimum atomic E-state index is -3.18. The van der Waals surface area contributed by atoms with Crippen molar-refractivity contribution < 1.29 is 22.7 Å². The molecule has 1 fully saturated rings. The molecular formula is C12H22N2O5S. The number of carbonyl (C=O) groups excluding carboxylic acids is 2. The maximum atomic E-state index is 11.8. The van der Waals surface area contributed by atoms with Crippen LogP contribution >= 0.6 is 0 Å². The number of nitrogens with zero attached hydrogens (tertiary/aromatic N) is 1. The molecule has 1 N–H and O–H groups in total. The van der Waals surface area contributed by atoms with E-state index in [1.165, 1.54) is 4.31 Å². The lowest BCUT2D eigenvalue weighted by Gasteiger charge is -2.30. The average molecular weight is 306 g/mol. The summed E-state index contributed by atoms with van der Waals surface area (Å²) in [5, 5.41) is 2.52. The van der Waals surface area contributed by atoms with Crippen molar-refractivity contribution in [3.8, 4) is 0 Å². The molecule has 0 spiro atoms. The number of esters is 1. The van der Waals surface area contributed by atoms with Crippen LogP contribution in [0.15, 0.2) is 0 Å². The Bertz CT molecular complexity index is 441. The third-order valence-corrected chi connectivity index (χ3v) is 5.18. The lowest BCUT2D eigenvalue weighted by atomic mass is 9.97. The lowest BCUT2D eigenvalue weighted by molar-refractivity contribution is -0.144. The summed E-state index contributed by atoms with van der Waals surface area (Å²) in [5.41, 5.74) is 0. The fourth-order valence-electron chi connectivity index (χ4n) is 2.09. The Hall–Kier alpha value is -1.15. The summed E-state index contributed by atoms with van der Waals surface area (Å²) in [6, 6.07) is 0. The number of carbonyl (C=O) groups is 2. The van der Waals surface area contributed by atoms with Gasteiger partial charge in [-0.15, -0.1) is 0 Å². The van der Waals surface area contributed by atoms with Gasteiger partial charge >= 0.3 is 5.97 Å². The van der Waals surface area contributed by atoms with E-state index in [0.29, 0.717) is 25.9 Å². The van der Waals surface area contributed by atoms with E-state index in [-0.39, 0.29) is 30.7 Å². The Kier molecular flexibility index (Phi) is 6.41. The zero-order valence-electron chi connectivity index (χ0n) is 11.9. The van der Waals surface area contributed by atoms with Crippen LogP contribution in [0.1, 0.15) is 26.7 Å². The quantitative estimate of drug-likeness (QED) is 0.682. The van der Waals surface area contributed by atoms with E-state index in [2.05, 4.69) is 5.32 Å². The van der Waals surface area contributed by atoms with Crippen molar-refractivity contribution in [2.45, 2.75) is 26.7 Å². The van der Waals surface area contributed by atoms with Crippen LogP contribution in [0.25, 0.3) is 0 Å². The standard InChI is InChI=1S/C12H22N2O5S/c1-3-19-11(15)9-13-12(16)10-5-7-14(8-6-10)20(17,18)4-2/h10H,3-9H2,1-2H3,(H,13,16). The molecule has 0 aliphatic carbocycles. The Morgan fingerprint density at radius 1 is 1.25 bits per heavy atom. The predicted octanol–water partition coefficient (Wildman–Crippen LogP) is -0.273. The second-order valence-corrected chi connectivity index (χ2v) is 6.85. The van der Waals surface area contributed by atoms with Crippen LogP contribution in [0.2, 0.25) is 0 Å². The van der Waals surface area contributed by atoms with Gasteiger partial charge in [0, 0.05) is 19.0 Å². The molecule has 8 heteroatoms. The molecule has 0 aromatic carbocycles. The van der Waals surface area contributed by atoms with E-state index in [0.717, 1.165) is 0 Å². The average Bonchev–Trinajstić information content (AvgIpc) is 2.45. The van der Waals surface area contributed by atoms with Gasteiger partial charge in [0.1, 0.15) is 6.54 Å². The number of piperidine rings is 1. The van der Waals surface area contributed by atoms with Gasteiger partial charge in [0.25, 0.3) is 0 Å². The first-order valence-corrected chi connectivity index (χ1v) is 8.42. The second kappa shape index (κ2) is 7.58. The van der Waals surface area contributed by atoms with Crippen LogP contribution in [0.3, 0.4) is 0 Å². The van der Waals surface area contributed by atoms with Gasteiger partial charge in [0.2, 0.25) is 15.9 Å². The normalized spacial score (nSPS) is 17.7. The minimum Gasteiger partial charge on any atom is -0.465 e. The Labute approximate surface area is 119 Å². The molecular weight excluding hydrogens is 284 g/mol. The third-order valence-electron chi connectivity index (χ3n) is 3.30. The van der Waals surface area contributed by atoms with E-state index in [1.54, 1.807) is 13.8 Å². The van der Waals surface area contributed by atoms with Gasteiger partial charge in [-0.05, 0) is 26.7 Å². The maximum absolute atomic E-state index is 11.8. The molecule has 0 atom stereocenters. The number of rotatable bonds is 6. The summed E-state index contributed by atoms with van der Waals surface area (Å²) in [4.78, 5) is 23.0. The highest BCUT2D eigenvalue weighted by Gasteiger charge is 2.30. The van der Waals surface area contributed by atoms with Crippen molar-refractivity contribution in [3.05, 3.63) is 0 Å². The highest BCUT2D eigenvalue weighted by Crippen LogP contribution is 2.19. The van der Waals surface area contributed by atoms with E-state index >= 15 is 0 Å². The van der Waals surface area contributed by atoms with Crippen LogP contribution in [-0.2, 0) is 24.3 Å². The Morgan fingerprint density at radius 2 is 1.85 bits per heavy atom. The van der Waals surface area contributed by atoms with Crippen LogP contribution in [0.5, 0.6) is 0 Å². The molecule has 20 heavy (non-hydrogen) atoms. The monoisotopic (exact) mass is 306 g/mol. The van der Waals surface area contributed by atoms with Gasteiger partial charge in [-0.2, -0.15) is 0 Å². The smallest absolute Gasteiger partial charge is 0.325 e. The van der Waals surface area contributed by atoms with Crippen molar-refractivity contribution in [2.24, 2.45) is 5.92 Å². The number of ether oxygens (including phenoxy) is 1. The molecule has 1 aliphatic rings. The fourth-order valence-corrected chi connectivity index (χ4v) is 3.23. The zero-order chi connectivity index (χ0) is 15.2. The molecule has 0 aromatic heterocycles. The maximum Gasteiger partial charge on any atom is 0.325 e. The van der Waals surface area contributed by atoms with Gasteiger partial charge < -0.3 is 10.1 Å². The molecule has 1 saturated heterocycles. The lowest BCUT2D eigenvalue weighted by Crippen LogP contribution is -2.44. The molecule has 0 aromatic rings. The second-order valence-electron chi connectivity index (χ2n) is 4.60. The zero-order valence-corrected chi connectivity index (χ0v) is 12.7. The van der Waals surface area contributed by atoms with Gasteiger partial charge in [-0.3, -0.25) is 9.59 Å². The summed E-state index contributed by atoms with van der Waals surface area (Å²) in [5.74, 6) is -0.849. The Morgan fingerprint density at radius 3 is 2.35 bits per heavy atom. The molecule has 0 saturated carbocycles. The first kappa shape index (κ1) is 16.9. The predicted molar refractivity (Wildman–Crippen MR) is 73.4 cm³/mol. The topological polar surface area (TPSA) is 92.8 Å². The number of hydrogen-bond acceptors (Lipinski definition) is 5. The van der Waals surface area contributed by atoms with Crippen LogP contribution < -0.4 is 5.32 Å². The van der Waals surface area contributed by atoms with E-state index in [1.807, 2.05) is 0 Å². The summed E-state index contributed by atoms with van der Waals surface area (Å²) in [6.07, 6.45) is 0.960. The van der Waals surface area contributed by atoms with E-state index in [4.69, 9.17) is 4.74 Å². The summed E-state index contributed by atoms with van der Waals surface area (Å²) < 4.78 is 29.5. The van der Waals surface area contributed by atoms with Gasteiger partial charge in [0.15, 0.2) is 0 Å². The first-order chi connectivity index (χ1) is 9.40. The minimum absolute atomic E-state index is 0.0761. The summed E-state index contributed by atoms with van der Waals surface area (Å²) in [6.45, 7) is 4.15. The van der Waals surface area contributed by atoms with Crippen LogP contribution in [0.4, 0.5) is 0 Å². The highest BCUT2D eigenvalue weighted by molar-refractivity contribution is 7.89. The molecule has 116 valence electrons. The largest absolute Gasteiger partial charge is 0.465 e. The number of sulfonamides is 1. The SMILES string of the molecule is CCOC(=O)CNC(=O)C1CCN(S(=O)(=O)CC)CC1. The Balaban J connectivity index is 2.38. The molecule has 1 aliphatic heterocycles. The van der Waals surface area contributed by atoms with Crippen LogP contribution in [0, 0.1) is 5.92 Å². The van der Waals surface area contributed by atoms with Gasteiger partial charge in [-0.25, -0.2) is 12.7 Å². The van der Waals surface area contributed by atoms with Gasteiger partial charge in [0.05, 0.1) is 12.4 Å². The van der Waals surface area contributed by atoms with Crippen molar-refractivity contribution >= 4 is 21.9 Å². The number of nitrogens with one attached hydrogen (secondary N) is 1. The highest BCUT2D eigenvalue weighted by atomic mass is 32.2. The first-order valence-electron chi connectivity index (χ1n) is 6.81. The molecule has 1 heterocycles. The molecule has 0 unspecified atom stereocenters. The van der Waals surface area contributed by atoms with Crippen molar-refractivity contribution in [1.82, 2.24) is 9.62 Å². The molecule has 0 bridgehead atoms. The van der Waals surface area contributed by atoms with Crippen LogP contribution in [-0.4, -0.2) is 56.6 Å². The molecule has 1 rings (SSSR count). The van der Waals surface area contributed by atoms with E-state index < -0.39 is 16.0 Å². The molecule has 1 amide bonds. The number of amides is 1. The number of hydrogen-bond donors (Lipinski definition) is 1. The van der Waals surface area contributed by atoms with E-state index in [9.17, 15) is 18.0 Å².